The van der Waals surface area contributed by atoms with E-state index in [1.165, 1.54) is 31.1 Å². The molecule has 9 heteroatoms. The zero-order valence-electron chi connectivity index (χ0n) is 17.8. The molecule has 0 spiro atoms. The van der Waals surface area contributed by atoms with Gasteiger partial charge in [0.2, 0.25) is 0 Å². The first-order valence-electron chi connectivity index (χ1n) is 9.25. The van der Waals surface area contributed by atoms with Crippen molar-refractivity contribution in [1.29, 1.82) is 0 Å². The van der Waals surface area contributed by atoms with E-state index in [1.807, 2.05) is 32.1 Å². The third kappa shape index (κ3) is 6.33. The largest absolute Gasteiger partial charge is 0.333 e. The van der Waals surface area contributed by atoms with Crippen molar-refractivity contribution in [2.24, 2.45) is 20.7 Å². The summed E-state index contributed by atoms with van der Waals surface area (Å²) in [5.41, 5.74) is 8.89. The van der Waals surface area contributed by atoms with E-state index in [0.717, 1.165) is 27.4 Å². The molecular weight excluding hydrogens is 435 g/mol. The number of dihydropyridines is 1. The van der Waals surface area contributed by atoms with Gasteiger partial charge in [-0.25, -0.2) is 9.38 Å². The van der Waals surface area contributed by atoms with Gasteiger partial charge in [0, 0.05) is 42.0 Å². The molecule has 3 rings (SSSR count). The Morgan fingerprint density at radius 3 is 2.65 bits per heavy atom. The number of hydrogen-bond donors (Lipinski definition) is 2. The lowest BCUT2D eigenvalue weighted by Crippen LogP contribution is -2.11. The van der Waals surface area contributed by atoms with Gasteiger partial charge >= 0.3 is 0 Å². The van der Waals surface area contributed by atoms with Crippen LogP contribution in [0.3, 0.4) is 0 Å². The molecular formula is C22H24ClFN6S. The number of anilines is 1. The van der Waals surface area contributed by atoms with E-state index in [2.05, 4.69) is 37.1 Å². The number of pyridine rings is 1. The van der Waals surface area contributed by atoms with Crippen LogP contribution >= 0.6 is 23.5 Å². The molecule has 0 amide bonds. The molecule has 1 aromatic carbocycles. The van der Waals surface area contributed by atoms with Crippen molar-refractivity contribution >= 4 is 53.1 Å². The van der Waals surface area contributed by atoms with E-state index in [9.17, 15) is 4.39 Å². The number of amidine groups is 1. The first-order valence-corrected chi connectivity index (χ1v) is 10.4. The smallest absolute Gasteiger partial charge is 0.156 e. The molecule has 0 aliphatic carbocycles. The summed E-state index contributed by atoms with van der Waals surface area (Å²) < 4.78 is 17.5. The summed E-state index contributed by atoms with van der Waals surface area (Å²) in [6, 6.07) is 6.58. The lowest BCUT2D eigenvalue weighted by Gasteiger charge is -2.16. The number of benzene rings is 1. The number of rotatable bonds is 5. The van der Waals surface area contributed by atoms with Gasteiger partial charge in [-0.15, -0.1) is 0 Å². The van der Waals surface area contributed by atoms with Crippen LogP contribution in [0.2, 0.25) is 5.02 Å². The highest BCUT2D eigenvalue weighted by Gasteiger charge is 2.17. The van der Waals surface area contributed by atoms with Gasteiger partial charge in [-0.3, -0.25) is 15.0 Å². The summed E-state index contributed by atoms with van der Waals surface area (Å²) >= 11 is 7.34. The molecule has 6 nitrogen and oxygen atoms in total. The number of nitrogens with one attached hydrogen (secondary N) is 1. The Kier molecular flexibility index (Phi) is 9.11. The van der Waals surface area contributed by atoms with Crippen molar-refractivity contribution in [3.8, 4) is 0 Å². The molecule has 0 atom stereocenters. The van der Waals surface area contributed by atoms with E-state index < -0.39 is 0 Å². The number of hydrogen-bond acceptors (Lipinski definition) is 6. The van der Waals surface area contributed by atoms with Gasteiger partial charge in [-0.1, -0.05) is 11.6 Å². The van der Waals surface area contributed by atoms with Crippen LogP contribution in [-0.2, 0) is 0 Å². The Hall–Kier alpha value is -2.81. The molecule has 1 aliphatic rings. The second-order valence-corrected chi connectivity index (χ2v) is 7.52. The number of halogens is 2. The van der Waals surface area contributed by atoms with Crippen molar-refractivity contribution in [2.75, 3.05) is 18.8 Å². The molecule has 2 heterocycles. The number of aryl methyl sites for hydroxylation is 1. The third-order valence-electron chi connectivity index (χ3n) is 4.16. The summed E-state index contributed by atoms with van der Waals surface area (Å²) in [5, 5.41) is 0.544. The molecule has 0 radical (unpaired) electrons. The van der Waals surface area contributed by atoms with Crippen molar-refractivity contribution in [3.63, 3.8) is 0 Å². The van der Waals surface area contributed by atoms with Crippen LogP contribution in [0.25, 0.3) is 5.57 Å². The van der Waals surface area contributed by atoms with Crippen LogP contribution in [0.1, 0.15) is 18.2 Å². The van der Waals surface area contributed by atoms with Crippen molar-refractivity contribution in [1.82, 2.24) is 4.98 Å². The second kappa shape index (κ2) is 11.5. The third-order valence-corrected chi connectivity index (χ3v) is 5.34. The molecule has 31 heavy (non-hydrogen) atoms. The lowest BCUT2D eigenvalue weighted by molar-refractivity contribution is 0.628. The summed E-state index contributed by atoms with van der Waals surface area (Å²) in [6.07, 6.45) is 5.06. The number of nitrogens with zero attached hydrogens (tertiary/aromatic N) is 4. The molecule has 0 saturated carbocycles. The van der Waals surface area contributed by atoms with Crippen LogP contribution in [0.15, 0.2) is 68.2 Å². The number of allylic oxidation sites excluding steroid dienone is 1. The Bertz CT molecular complexity index is 1090. The highest BCUT2D eigenvalue weighted by molar-refractivity contribution is 8.00. The normalized spacial score (nSPS) is 15.7. The van der Waals surface area contributed by atoms with Gasteiger partial charge in [0.1, 0.15) is 5.82 Å². The summed E-state index contributed by atoms with van der Waals surface area (Å²) in [6.45, 7) is 7.24. The zero-order valence-corrected chi connectivity index (χ0v) is 19.4. The summed E-state index contributed by atoms with van der Waals surface area (Å²) in [4.78, 5) is 17.6. The van der Waals surface area contributed by atoms with Gasteiger partial charge in [0.15, 0.2) is 5.84 Å². The Balaban J connectivity index is 0.00000166. The standard InChI is InChI=1S/C21H19ClFN5S.CH5N/c1-12-19(7-15(10-24-3)21(25-4)27-12)14-5-17(23)9-18(6-14)28-29-20-8-16(22)11-26-13(20)2;1-2/h5-11,28H,3H2,1-2,4H3;2H2,1H3/b15-10-,25-21?;. The van der Waals surface area contributed by atoms with Crippen LogP contribution < -0.4 is 10.5 Å². The maximum Gasteiger partial charge on any atom is 0.156 e. The SMILES string of the molecule is C=N/C=C1/C=C(c2cc(F)cc(NSc3cc(Cl)cnc3C)c2)C(C)=NC1=NC.CN. The van der Waals surface area contributed by atoms with E-state index >= 15 is 0 Å². The molecule has 0 saturated heterocycles. The fourth-order valence-electron chi connectivity index (χ4n) is 2.78. The fraction of sp³-hybridized carbons (Fsp3) is 0.182. The minimum absolute atomic E-state index is 0.359. The minimum atomic E-state index is -0.359. The van der Waals surface area contributed by atoms with Crippen LogP contribution in [0, 0.1) is 12.7 Å². The van der Waals surface area contributed by atoms with Gasteiger partial charge in [0.05, 0.1) is 15.6 Å². The Morgan fingerprint density at radius 2 is 1.97 bits per heavy atom. The molecule has 0 fully saturated rings. The van der Waals surface area contributed by atoms with Gasteiger partial charge < -0.3 is 10.5 Å². The fourth-order valence-corrected chi connectivity index (χ4v) is 3.74. The molecule has 162 valence electrons. The van der Waals surface area contributed by atoms with Gasteiger partial charge in [-0.2, -0.15) is 0 Å². The lowest BCUT2D eigenvalue weighted by atomic mass is 9.96. The van der Waals surface area contributed by atoms with Gasteiger partial charge in [0.25, 0.3) is 0 Å². The van der Waals surface area contributed by atoms with E-state index in [-0.39, 0.29) is 5.82 Å². The number of aliphatic imine (C=N–C) groups is 3. The second-order valence-electron chi connectivity index (χ2n) is 6.24. The van der Waals surface area contributed by atoms with E-state index in [4.69, 9.17) is 11.6 Å². The molecule has 1 aromatic heterocycles. The quantitative estimate of drug-likeness (QED) is 0.467. The highest BCUT2D eigenvalue weighted by Crippen LogP contribution is 2.30. The molecule has 2 aromatic rings. The molecule has 0 bridgehead atoms. The minimum Gasteiger partial charge on any atom is -0.333 e. The monoisotopic (exact) mass is 458 g/mol. The number of aromatic nitrogens is 1. The van der Waals surface area contributed by atoms with E-state index in [0.29, 0.717) is 22.1 Å². The first kappa shape index (κ1) is 24.5. The number of nitrogens with two attached hydrogens (primary N) is 1. The van der Waals surface area contributed by atoms with Crippen molar-refractivity contribution < 1.29 is 4.39 Å². The first-order chi connectivity index (χ1) is 14.9. The maximum atomic E-state index is 14.4. The zero-order chi connectivity index (χ0) is 23.0. The predicted octanol–water partition coefficient (Wildman–Crippen LogP) is 5.35. The van der Waals surface area contributed by atoms with Crippen molar-refractivity contribution in [2.45, 2.75) is 18.7 Å². The maximum absolute atomic E-state index is 14.4. The van der Waals surface area contributed by atoms with E-state index in [1.54, 1.807) is 19.4 Å². The van der Waals surface area contributed by atoms with Crippen LogP contribution in [0.4, 0.5) is 10.1 Å². The summed E-state index contributed by atoms with van der Waals surface area (Å²) in [5.74, 6) is 0.204. The Morgan fingerprint density at radius 1 is 1.23 bits per heavy atom. The highest BCUT2D eigenvalue weighted by atomic mass is 35.5. The average Bonchev–Trinajstić information content (AvgIpc) is 2.76. The molecule has 3 N–H and O–H groups in total. The average molecular weight is 459 g/mol. The summed E-state index contributed by atoms with van der Waals surface area (Å²) in [7, 11) is 3.16. The molecule has 0 unspecified atom stereocenters. The van der Waals surface area contributed by atoms with Gasteiger partial charge in [-0.05, 0) is 75.5 Å². The van der Waals surface area contributed by atoms with Crippen molar-refractivity contribution in [3.05, 3.63) is 70.4 Å². The topological polar surface area (TPSA) is 88.0 Å². The predicted molar refractivity (Wildman–Crippen MR) is 132 cm³/mol. The van der Waals surface area contributed by atoms with Crippen LogP contribution in [0.5, 0.6) is 0 Å². The Labute approximate surface area is 191 Å². The molecule has 1 aliphatic heterocycles. The van der Waals surface area contributed by atoms with Crippen LogP contribution in [-0.4, -0.2) is 37.3 Å².